The first-order valence-electron chi connectivity index (χ1n) is 8.86. The van der Waals surface area contributed by atoms with Gasteiger partial charge in [-0.2, -0.15) is 0 Å². The van der Waals surface area contributed by atoms with Crippen molar-refractivity contribution in [3.8, 4) is 0 Å². The highest BCUT2D eigenvalue weighted by molar-refractivity contribution is 7.09. The van der Waals surface area contributed by atoms with Crippen LogP contribution in [0.1, 0.15) is 31.6 Å². The van der Waals surface area contributed by atoms with E-state index in [0.29, 0.717) is 0 Å². The zero-order valence-electron chi connectivity index (χ0n) is 14.8. The number of likely N-dealkylation sites (tertiary alicyclic amines) is 1. The van der Waals surface area contributed by atoms with Crippen LogP contribution in [0.5, 0.6) is 0 Å². The van der Waals surface area contributed by atoms with E-state index >= 15 is 0 Å². The number of thiophene rings is 1. The molecule has 0 aromatic carbocycles. The first-order valence-corrected chi connectivity index (χ1v) is 9.74. The van der Waals surface area contributed by atoms with E-state index in [1.807, 2.05) is 18.4 Å². The van der Waals surface area contributed by atoms with Gasteiger partial charge in [0.25, 0.3) is 0 Å². The van der Waals surface area contributed by atoms with E-state index in [2.05, 4.69) is 51.9 Å². The number of hydrogen-bond acceptors (Lipinski definition) is 3. The Hall–Kier alpha value is -1.07. The zero-order chi connectivity index (χ0) is 16.5. The summed E-state index contributed by atoms with van der Waals surface area (Å²) in [4.78, 5) is 8.34. The Morgan fingerprint density at radius 2 is 2.00 bits per heavy atom. The maximum Gasteiger partial charge on any atom is 0.190 e. The third-order valence-corrected chi connectivity index (χ3v) is 5.29. The lowest BCUT2D eigenvalue weighted by molar-refractivity contribution is 0.140. The van der Waals surface area contributed by atoms with Crippen LogP contribution in [0.15, 0.2) is 22.5 Å². The Labute approximate surface area is 145 Å². The minimum atomic E-state index is 0.846. The molecule has 0 aliphatic carbocycles. The van der Waals surface area contributed by atoms with Crippen LogP contribution in [-0.2, 0) is 6.42 Å². The quantitative estimate of drug-likeness (QED) is 0.457. The van der Waals surface area contributed by atoms with Crippen LogP contribution in [0.25, 0.3) is 0 Å². The van der Waals surface area contributed by atoms with Crippen molar-refractivity contribution in [2.45, 2.75) is 33.1 Å². The van der Waals surface area contributed by atoms with Crippen molar-refractivity contribution in [1.29, 1.82) is 0 Å². The maximum atomic E-state index is 4.30. The molecule has 0 radical (unpaired) electrons. The molecule has 0 saturated carbocycles. The van der Waals surface area contributed by atoms with Crippen LogP contribution in [-0.4, -0.2) is 50.6 Å². The second kappa shape index (κ2) is 9.93. The van der Waals surface area contributed by atoms with E-state index < -0.39 is 0 Å². The topological polar surface area (TPSA) is 39.7 Å². The summed E-state index contributed by atoms with van der Waals surface area (Å²) in [5, 5.41) is 8.95. The van der Waals surface area contributed by atoms with Crippen molar-refractivity contribution in [3.05, 3.63) is 22.4 Å². The lowest BCUT2D eigenvalue weighted by Gasteiger charge is -2.35. The monoisotopic (exact) mass is 336 g/mol. The molecule has 0 spiro atoms. The molecule has 1 aromatic rings. The summed E-state index contributed by atoms with van der Waals surface area (Å²) >= 11 is 1.81. The van der Waals surface area contributed by atoms with E-state index in [1.54, 1.807) is 0 Å². The number of nitrogens with zero attached hydrogens (tertiary/aromatic N) is 2. The van der Waals surface area contributed by atoms with Gasteiger partial charge in [0.2, 0.25) is 0 Å². The third-order valence-electron chi connectivity index (χ3n) is 4.36. The van der Waals surface area contributed by atoms with Gasteiger partial charge in [-0.1, -0.05) is 19.9 Å². The van der Waals surface area contributed by atoms with Crippen molar-refractivity contribution < 1.29 is 0 Å². The summed E-state index contributed by atoms with van der Waals surface area (Å²) in [5.41, 5.74) is 0. The van der Waals surface area contributed by atoms with Gasteiger partial charge in [-0.3, -0.25) is 4.99 Å². The molecule has 0 amide bonds. The number of rotatable bonds is 7. The first-order chi connectivity index (χ1) is 11.2. The fourth-order valence-electron chi connectivity index (χ4n) is 3.46. The average Bonchev–Trinajstić information content (AvgIpc) is 3.02. The summed E-state index contributed by atoms with van der Waals surface area (Å²) in [6.45, 7) is 10.4. The van der Waals surface area contributed by atoms with Gasteiger partial charge in [0.1, 0.15) is 0 Å². The SMILES string of the molecule is CN=C(NCCCN1CC(C)CC(C)C1)NCCc1cccs1. The molecule has 2 unspecified atom stereocenters. The highest BCUT2D eigenvalue weighted by Gasteiger charge is 2.20. The largest absolute Gasteiger partial charge is 0.356 e. The fourth-order valence-corrected chi connectivity index (χ4v) is 4.17. The smallest absolute Gasteiger partial charge is 0.190 e. The second-order valence-corrected chi connectivity index (χ2v) is 7.85. The summed E-state index contributed by atoms with van der Waals surface area (Å²) in [7, 11) is 1.84. The highest BCUT2D eigenvalue weighted by Crippen LogP contribution is 2.20. The number of aliphatic imine (C=N–C) groups is 1. The van der Waals surface area contributed by atoms with Gasteiger partial charge in [0.15, 0.2) is 5.96 Å². The lowest BCUT2D eigenvalue weighted by Crippen LogP contribution is -2.42. The molecule has 2 rings (SSSR count). The third kappa shape index (κ3) is 6.92. The van der Waals surface area contributed by atoms with Crippen LogP contribution in [0, 0.1) is 11.8 Å². The molecule has 5 heteroatoms. The van der Waals surface area contributed by atoms with Gasteiger partial charge in [0.05, 0.1) is 0 Å². The summed E-state index contributed by atoms with van der Waals surface area (Å²) < 4.78 is 0. The van der Waals surface area contributed by atoms with Crippen molar-refractivity contribution in [2.75, 3.05) is 39.8 Å². The first kappa shape index (κ1) is 18.3. The summed E-state index contributed by atoms with van der Waals surface area (Å²) in [5.74, 6) is 2.61. The Morgan fingerprint density at radius 3 is 2.65 bits per heavy atom. The molecule has 1 fully saturated rings. The Morgan fingerprint density at radius 1 is 1.26 bits per heavy atom. The van der Waals surface area contributed by atoms with E-state index in [4.69, 9.17) is 0 Å². The van der Waals surface area contributed by atoms with Crippen LogP contribution >= 0.6 is 11.3 Å². The van der Waals surface area contributed by atoms with E-state index in [0.717, 1.165) is 37.3 Å². The van der Waals surface area contributed by atoms with E-state index in [9.17, 15) is 0 Å². The molecule has 2 N–H and O–H groups in total. The molecule has 23 heavy (non-hydrogen) atoms. The van der Waals surface area contributed by atoms with Crippen LogP contribution in [0.2, 0.25) is 0 Å². The van der Waals surface area contributed by atoms with Gasteiger partial charge in [-0.25, -0.2) is 0 Å². The predicted molar refractivity (Wildman–Crippen MR) is 101 cm³/mol. The second-order valence-electron chi connectivity index (χ2n) is 6.81. The van der Waals surface area contributed by atoms with Crippen molar-refractivity contribution in [2.24, 2.45) is 16.8 Å². The van der Waals surface area contributed by atoms with Gasteiger partial charge in [-0.05, 0) is 49.1 Å². The predicted octanol–water partition coefficient (Wildman–Crippen LogP) is 2.82. The summed E-state index contributed by atoms with van der Waals surface area (Å²) in [6.07, 6.45) is 3.61. The molecule has 1 saturated heterocycles. The van der Waals surface area contributed by atoms with Gasteiger partial charge >= 0.3 is 0 Å². The molecule has 2 atom stereocenters. The van der Waals surface area contributed by atoms with Crippen molar-refractivity contribution >= 4 is 17.3 Å². The highest BCUT2D eigenvalue weighted by atomic mass is 32.1. The Balaban J connectivity index is 1.56. The number of nitrogens with one attached hydrogen (secondary N) is 2. The van der Waals surface area contributed by atoms with Gasteiger partial charge in [-0.15, -0.1) is 11.3 Å². The minimum absolute atomic E-state index is 0.846. The van der Waals surface area contributed by atoms with Crippen molar-refractivity contribution in [3.63, 3.8) is 0 Å². The zero-order valence-corrected chi connectivity index (χ0v) is 15.7. The lowest BCUT2D eigenvalue weighted by atomic mass is 9.92. The maximum absolute atomic E-state index is 4.30. The van der Waals surface area contributed by atoms with Gasteiger partial charge in [0, 0.05) is 38.1 Å². The average molecular weight is 337 g/mol. The van der Waals surface area contributed by atoms with Crippen LogP contribution in [0.4, 0.5) is 0 Å². The minimum Gasteiger partial charge on any atom is -0.356 e. The Bertz CT molecular complexity index is 448. The number of hydrogen-bond donors (Lipinski definition) is 2. The van der Waals surface area contributed by atoms with Crippen LogP contribution in [0.3, 0.4) is 0 Å². The molecular formula is C18H32N4S. The number of piperidine rings is 1. The van der Waals surface area contributed by atoms with E-state index in [1.165, 1.54) is 37.4 Å². The molecule has 1 aliphatic rings. The molecule has 0 bridgehead atoms. The molecule has 4 nitrogen and oxygen atoms in total. The molecular weight excluding hydrogens is 304 g/mol. The molecule has 130 valence electrons. The molecule has 2 heterocycles. The number of guanidine groups is 1. The summed E-state index contributed by atoms with van der Waals surface area (Å²) in [6, 6.07) is 4.29. The van der Waals surface area contributed by atoms with Crippen molar-refractivity contribution in [1.82, 2.24) is 15.5 Å². The normalized spacial score (nSPS) is 23.0. The van der Waals surface area contributed by atoms with Crippen LogP contribution < -0.4 is 10.6 Å². The fraction of sp³-hybridized carbons (Fsp3) is 0.722. The Kier molecular flexibility index (Phi) is 7.89. The molecule has 1 aliphatic heterocycles. The van der Waals surface area contributed by atoms with E-state index in [-0.39, 0.29) is 0 Å². The standard InChI is InChI=1S/C18H32N4S/c1-15-12-16(2)14-22(13-15)10-5-8-20-18(19-3)21-9-7-17-6-4-11-23-17/h4,6,11,15-16H,5,7-10,12-14H2,1-3H3,(H2,19,20,21). The molecule has 1 aromatic heterocycles. The van der Waals surface area contributed by atoms with Gasteiger partial charge < -0.3 is 15.5 Å².